The average molecular weight is 365 g/mol. The Bertz CT molecular complexity index is 883. The van der Waals surface area contributed by atoms with Gasteiger partial charge in [0.05, 0.1) is 23.6 Å². The van der Waals surface area contributed by atoms with E-state index in [1.807, 2.05) is 6.92 Å². The maximum Gasteiger partial charge on any atom is 0.244 e. The van der Waals surface area contributed by atoms with E-state index in [0.29, 0.717) is 33.7 Å². The molecule has 3 rings (SSSR count). The van der Waals surface area contributed by atoms with Crippen molar-refractivity contribution in [2.75, 3.05) is 7.11 Å². The van der Waals surface area contributed by atoms with Crippen LogP contribution in [-0.4, -0.2) is 17.3 Å². The van der Waals surface area contributed by atoms with Crippen molar-refractivity contribution >= 4 is 23.2 Å². The van der Waals surface area contributed by atoms with Crippen molar-refractivity contribution in [2.24, 2.45) is 5.73 Å². The van der Waals surface area contributed by atoms with Crippen molar-refractivity contribution in [1.29, 1.82) is 5.26 Å². The third-order valence-corrected chi connectivity index (χ3v) is 4.42. The number of nitrogens with two attached hydrogens (primary N) is 1. The molecular formula is C16H14Cl2N4O2. The fourth-order valence-electron chi connectivity index (χ4n) is 2.90. The number of aryl methyl sites for hydroxylation is 1. The standard InChI is InChI=1S/C16H14Cl2N4O2/c1-3-11-13-12(8-4-7(17)5-10(18)14(8)23-2)9(6-19)15(20)24-16(13)22-21-11/h4-5,12H,3,20H2,1-2H3,(H,21,22)/t12-/m0/s1. The number of fused-ring (bicyclic) bond motifs is 1. The Labute approximate surface area is 148 Å². The fourth-order valence-corrected chi connectivity index (χ4v) is 3.49. The van der Waals surface area contributed by atoms with E-state index in [4.69, 9.17) is 38.4 Å². The summed E-state index contributed by atoms with van der Waals surface area (Å²) < 4.78 is 10.9. The normalized spacial score (nSPS) is 16.4. The van der Waals surface area contributed by atoms with Crippen LogP contribution >= 0.6 is 23.2 Å². The average Bonchev–Trinajstić information content (AvgIpc) is 2.95. The van der Waals surface area contributed by atoms with E-state index in [0.717, 1.165) is 11.3 Å². The van der Waals surface area contributed by atoms with Crippen LogP contribution in [0.15, 0.2) is 23.6 Å². The quantitative estimate of drug-likeness (QED) is 0.868. The molecule has 0 unspecified atom stereocenters. The van der Waals surface area contributed by atoms with Crippen LogP contribution in [-0.2, 0) is 6.42 Å². The SMILES string of the molecule is CCc1[nH]nc2c1[C@@H](c1cc(Cl)cc(Cl)c1OC)C(C#N)=C(N)O2. The summed E-state index contributed by atoms with van der Waals surface area (Å²) in [6.07, 6.45) is 0.678. The molecule has 0 fully saturated rings. The molecule has 2 aromatic rings. The highest BCUT2D eigenvalue weighted by molar-refractivity contribution is 6.35. The molecule has 3 N–H and O–H groups in total. The number of nitriles is 1. The molecule has 1 aromatic heterocycles. The molecule has 2 heterocycles. The van der Waals surface area contributed by atoms with Crippen LogP contribution in [0.4, 0.5) is 0 Å². The zero-order valence-electron chi connectivity index (χ0n) is 13.0. The second-order valence-corrected chi connectivity index (χ2v) is 6.05. The molecule has 124 valence electrons. The van der Waals surface area contributed by atoms with E-state index < -0.39 is 5.92 Å². The summed E-state index contributed by atoms with van der Waals surface area (Å²) in [6, 6.07) is 5.42. The summed E-state index contributed by atoms with van der Waals surface area (Å²) >= 11 is 12.4. The summed E-state index contributed by atoms with van der Waals surface area (Å²) in [7, 11) is 1.51. The first-order valence-electron chi connectivity index (χ1n) is 7.19. The van der Waals surface area contributed by atoms with Crippen LogP contribution in [0.3, 0.4) is 0 Å². The Kier molecular flexibility index (Phi) is 4.31. The predicted octanol–water partition coefficient (Wildman–Crippen LogP) is 3.51. The maximum atomic E-state index is 9.62. The number of allylic oxidation sites excluding steroid dienone is 1. The van der Waals surface area contributed by atoms with E-state index in [9.17, 15) is 5.26 Å². The molecule has 0 bridgehead atoms. The number of aromatic nitrogens is 2. The smallest absolute Gasteiger partial charge is 0.244 e. The fraction of sp³-hybridized carbons (Fsp3) is 0.250. The molecular weight excluding hydrogens is 351 g/mol. The first-order valence-corrected chi connectivity index (χ1v) is 7.95. The lowest BCUT2D eigenvalue weighted by Gasteiger charge is -2.25. The molecule has 0 radical (unpaired) electrons. The number of nitrogens with one attached hydrogen (secondary N) is 1. The molecule has 0 amide bonds. The Morgan fingerprint density at radius 2 is 2.21 bits per heavy atom. The van der Waals surface area contributed by atoms with Gasteiger partial charge in [-0.15, -0.1) is 5.10 Å². The molecule has 0 saturated carbocycles. The molecule has 0 spiro atoms. The Morgan fingerprint density at radius 3 is 2.83 bits per heavy atom. The third-order valence-electron chi connectivity index (χ3n) is 3.92. The summed E-state index contributed by atoms with van der Waals surface area (Å²) in [5.74, 6) is 0.245. The zero-order chi connectivity index (χ0) is 17.4. The van der Waals surface area contributed by atoms with E-state index in [1.54, 1.807) is 12.1 Å². The number of hydrogen-bond acceptors (Lipinski definition) is 5. The maximum absolute atomic E-state index is 9.62. The molecule has 8 heteroatoms. The molecule has 1 aromatic carbocycles. The third kappa shape index (κ3) is 2.46. The number of methoxy groups -OCH3 is 1. The lowest BCUT2D eigenvalue weighted by Crippen LogP contribution is -2.21. The molecule has 1 aliphatic heterocycles. The van der Waals surface area contributed by atoms with Gasteiger partial charge in [0.15, 0.2) is 0 Å². The minimum atomic E-state index is -0.529. The van der Waals surface area contributed by atoms with Crippen LogP contribution in [0, 0.1) is 11.3 Å². The van der Waals surface area contributed by atoms with Crippen LogP contribution in [0.2, 0.25) is 10.0 Å². The van der Waals surface area contributed by atoms with Gasteiger partial charge in [-0.2, -0.15) is 5.26 Å². The van der Waals surface area contributed by atoms with Crippen molar-refractivity contribution < 1.29 is 9.47 Å². The van der Waals surface area contributed by atoms with Gasteiger partial charge in [0.1, 0.15) is 17.4 Å². The molecule has 24 heavy (non-hydrogen) atoms. The first kappa shape index (κ1) is 16.5. The van der Waals surface area contributed by atoms with Gasteiger partial charge < -0.3 is 15.2 Å². The van der Waals surface area contributed by atoms with Gasteiger partial charge in [-0.05, 0) is 18.6 Å². The number of benzene rings is 1. The summed E-state index contributed by atoms with van der Waals surface area (Å²) in [4.78, 5) is 0. The Balaban J connectivity index is 2.34. The Morgan fingerprint density at radius 1 is 1.46 bits per heavy atom. The number of nitrogens with zero attached hydrogens (tertiary/aromatic N) is 2. The van der Waals surface area contributed by atoms with Crippen LogP contribution in [0.25, 0.3) is 0 Å². The van der Waals surface area contributed by atoms with Crippen LogP contribution in [0.1, 0.15) is 29.7 Å². The minimum absolute atomic E-state index is 0.00213. The monoisotopic (exact) mass is 364 g/mol. The number of aromatic amines is 1. The molecule has 1 atom stereocenters. The van der Waals surface area contributed by atoms with Crippen molar-refractivity contribution in [3.8, 4) is 17.7 Å². The van der Waals surface area contributed by atoms with Gasteiger partial charge in [0.2, 0.25) is 11.8 Å². The second kappa shape index (κ2) is 6.27. The topological polar surface area (TPSA) is 97.0 Å². The largest absolute Gasteiger partial charge is 0.495 e. The summed E-state index contributed by atoms with van der Waals surface area (Å²) in [5.41, 5.74) is 8.40. The van der Waals surface area contributed by atoms with E-state index in [-0.39, 0.29) is 11.5 Å². The van der Waals surface area contributed by atoms with Gasteiger partial charge in [-0.25, -0.2) is 0 Å². The molecule has 0 aliphatic carbocycles. The second-order valence-electron chi connectivity index (χ2n) is 5.21. The summed E-state index contributed by atoms with van der Waals surface area (Å²) in [5, 5.41) is 17.5. The van der Waals surface area contributed by atoms with E-state index >= 15 is 0 Å². The van der Waals surface area contributed by atoms with Crippen LogP contribution in [0.5, 0.6) is 11.6 Å². The minimum Gasteiger partial charge on any atom is -0.495 e. The highest BCUT2D eigenvalue weighted by Gasteiger charge is 2.37. The van der Waals surface area contributed by atoms with Gasteiger partial charge in [-0.3, -0.25) is 5.10 Å². The van der Waals surface area contributed by atoms with Crippen molar-refractivity contribution in [3.05, 3.63) is 50.5 Å². The van der Waals surface area contributed by atoms with Crippen molar-refractivity contribution in [2.45, 2.75) is 19.3 Å². The first-order chi connectivity index (χ1) is 11.5. The number of hydrogen-bond donors (Lipinski definition) is 2. The van der Waals surface area contributed by atoms with Gasteiger partial charge in [0, 0.05) is 16.3 Å². The number of ether oxygens (including phenoxy) is 2. The number of halogens is 2. The number of H-pyrrole nitrogens is 1. The van der Waals surface area contributed by atoms with E-state index in [2.05, 4.69) is 16.3 Å². The molecule has 1 aliphatic rings. The Hall–Kier alpha value is -2.36. The van der Waals surface area contributed by atoms with Crippen molar-refractivity contribution in [3.63, 3.8) is 0 Å². The highest BCUT2D eigenvalue weighted by Crippen LogP contribution is 2.48. The summed E-state index contributed by atoms with van der Waals surface area (Å²) in [6.45, 7) is 1.97. The number of rotatable bonds is 3. The highest BCUT2D eigenvalue weighted by atomic mass is 35.5. The van der Waals surface area contributed by atoms with Crippen molar-refractivity contribution in [1.82, 2.24) is 10.2 Å². The lowest BCUT2D eigenvalue weighted by atomic mass is 9.83. The molecule has 0 saturated heterocycles. The van der Waals surface area contributed by atoms with E-state index in [1.165, 1.54) is 7.11 Å². The van der Waals surface area contributed by atoms with Crippen LogP contribution < -0.4 is 15.2 Å². The zero-order valence-corrected chi connectivity index (χ0v) is 14.5. The lowest BCUT2D eigenvalue weighted by molar-refractivity contribution is 0.375. The van der Waals surface area contributed by atoms with Gasteiger partial charge in [-0.1, -0.05) is 30.1 Å². The molecule has 6 nitrogen and oxygen atoms in total. The van der Waals surface area contributed by atoms with Gasteiger partial charge in [0.25, 0.3) is 0 Å². The predicted molar refractivity (Wildman–Crippen MR) is 90.3 cm³/mol. The van der Waals surface area contributed by atoms with Gasteiger partial charge >= 0.3 is 0 Å².